The Morgan fingerprint density at radius 2 is 2.10 bits per heavy atom. The molecule has 1 aromatic heterocycles. The van der Waals surface area contributed by atoms with Crippen molar-refractivity contribution < 1.29 is 27.4 Å². The summed E-state index contributed by atoms with van der Waals surface area (Å²) < 4.78 is 54.0. The first-order chi connectivity index (χ1) is 14.0. The molecule has 0 unspecified atom stereocenters. The molecule has 2 aromatic rings. The zero-order chi connectivity index (χ0) is 20.7. The number of nitrogens with zero attached hydrogens (tertiary/aromatic N) is 2. The van der Waals surface area contributed by atoms with Crippen molar-refractivity contribution >= 4 is 17.3 Å². The maximum Gasteiger partial charge on any atom is 0.434 e. The molecule has 0 amide bonds. The van der Waals surface area contributed by atoms with Crippen LogP contribution in [0.15, 0.2) is 28.6 Å². The number of aliphatic imine (C=N–C) groups is 1. The van der Waals surface area contributed by atoms with Crippen molar-refractivity contribution in [3.8, 4) is 17.2 Å². The second-order valence-electron chi connectivity index (χ2n) is 5.93. The lowest BCUT2D eigenvalue weighted by Crippen LogP contribution is -2.39. The van der Waals surface area contributed by atoms with Crippen molar-refractivity contribution in [1.29, 1.82) is 0 Å². The fraction of sp³-hybridized carbons (Fsp3) is 0.444. The van der Waals surface area contributed by atoms with Gasteiger partial charge in [-0.15, -0.1) is 11.3 Å². The molecule has 0 spiro atoms. The third kappa shape index (κ3) is 6.14. The summed E-state index contributed by atoms with van der Waals surface area (Å²) >= 11 is 0.989. The Balaban J connectivity index is 1.42. The van der Waals surface area contributed by atoms with Gasteiger partial charge in [0.05, 0.1) is 11.6 Å². The number of thiazole rings is 1. The van der Waals surface area contributed by atoms with Crippen LogP contribution < -0.4 is 24.8 Å². The molecule has 0 bridgehead atoms. The number of benzene rings is 1. The molecule has 0 saturated carbocycles. The van der Waals surface area contributed by atoms with Crippen molar-refractivity contribution in [3.63, 3.8) is 0 Å². The summed E-state index contributed by atoms with van der Waals surface area (Å²) in [5.74, 6) is 2.58. The predicted octanol–water partition coefficient (Wildman–Crippen LogP) is 3.07. The van der Waals surface area contributed by atoms with Crippen molar-refractivity contribution in [1.82, 2.24) is 15.6 Å². The molecule has 11 heteroatoms. The normalized spacial score (nSPS) is 13.4. The van der Waals surface area contributed by atoms with Gasteiger partial charge in [0.15, 0.2) is 23.2 Å². The highest BCUT2D eigenvalue weighted by atomic mass is 32.1. The van der Waals surface area contributed by atoms with Gasteiger partial charge in [0.2, 0.25) is 6.79 Å². The largest absolute Gasteiger partial charge is 0.492 e. The molecule has 3 rings (SSSR count). The second kappa shape index (κ2) is 9.68. The maximum atomic E-state index is 12.6. The topological polar surface area (TPSA) is 77.0 Å². The zero-order valence-electron chi connectivity index (χ0n) is 15.7. The van der Waals surface area contributed by atoms with E-state index in [0.717, 1.165) is 16.7 Å². The zero-order valence-corrected chi connectivity index (χ0v) is 16.5. The molecule has 0 aliphatic carbocycles. The Morgan fingerprint density at radius 1 is 1.28 bits per heavy atom. The van der Waals surface area contributed by atoms with Gasteiger partial charge in [0.25, 0.3) is 0 Å². The molecule has 2 heterocycles. The van der Waals surface area contributed by atoms with Gasteiger partial charge in [-0.2, -0.15) is 13.2 Å². The third-order valence-electron chi connectivity index (χ3n) is 3.79. The number of ether oxygens (including phenoxy) is 3. The number of rotatable bonds is 8. The van der Waals surface area contributed by atoms with Gasteiger partial charge >= 0.3 is 6.18 Å². The fourth-order valence-electron chi connectivity index (χ4n) is 2.47. The van der Waals surface area contributed by atoms with Crippen LogP contribution in [0, 0.1) is 0 Å². The van der Waals surface area contributed by atoms with E-state index in [0.29, 0.717) is 60.9 Å². The van der Waals surface area contributed by atoms with Gasteiger partial charge in [-0.25, -0.2) is 4.98 Å². The first-order valence-electron chi connectivity index (χ1n) is 9.02. The van der Waals surface area contributed by atoms with Gasteiger partial charge in [0, 0.05) is 31.0 Å². The highest BCUT2D eigenvalue weighted by Gasteiger charge is 2.33. The van der Waals surface area contributed by atoms with Crippen LogP contribution in [0.1, 0.15) is 17.6 Å². The van der Waals surface area contributed by atoms with E-state index in [9.17, 15) is 13.2 Å². The van der Waals surface area contributed by atoms with E-state index in [2.05, 4.69) is 20.6 Å². The molecule has 0 fully saturated rings. The van der Waals surface area contributed by atoms with Crippen LogP contribution in [0.25, 0.3) is 0 Å². The Morgan fingerprint density at radius 3 is 2.86 bits per heavy atom. The lowest BCUT2D eigenvalue weighted by Gasteiger charge is -2.12. The molecular formula is C18H21F3N4O3S. The molecule has 2 N–H and O–H groups in total. The predicted molar refractivity (Wildman–Crippen MR) is 103 cm³/mol. The second-order valence-corrected chi connectivity index (χ2v) is 6.87. The standard InChI is InChI=1S/C18H21F3N4O3S/c1-2-22-17(23-6-5-16-25-15(10-29-16)18(19,20)21)24-7-8-26-12-3-4-13-14(9-12)28-11-27-13/h3-4,9-10H,2,5-8,11H2,1H3,(H2,22,23,24). The van der Waals surface area contributed by atoms with Crippen LogP contribution in [0.2, 0.25) is 0 Å². The van der Waals surface area contributed by atoms with Gasteiger partial charge in [-0.05, 0) is 19.1 Å². The minimum Gasteiger partial charge on any atom is -0.492 e. The molecule has 1 aliphatic heterocycles. The summed E-state index contributed by atoms with van der Waals surface area (Å²) in [7, 11) is 0. The van der Waals surface area contributed by atoms with Crippen LogP contribution in [0.3, 0.4) is 0 Å². The summed E-state index contributed by atoms with van der Waals surface area (Å²) in [6.07, 6.45) is -4.07. The fourth-order valence-corrected chi connectivity index (χ4v) is 3.26. The van der Waals surface area contributed by atoms with Gasteiger partial charge in [-0.1, -0.05) is 0 Å². The highest BCUT2D eigenvalue weighted by Crippen LogP contribution is 2.35. The molecule has 1 aromatic carbocycles. The number of nitrogens with one attached hydrogen (secondary N) is 2. The average Bonchev–Trinajstić information content (AvgIpc) is 3.33. The lowest BCUT2D eigenvalue weighted by atomic mass is 10.3. The van der Waals surface area contributed by atoms with Gasteiger partial charge in [-0.3, -0.25) is 4.99 Å². The van der Waals surface area contributed by atoms with Gasteiger partial charge < -0.3 is 24.8 Å². The monoisotopic (exact) mass is 430 g/mol. The number of aromatic nitrogens is 1. The third-order valence-corrected chi connectivity index (χ3v) is 4.70. The number of fused-ring (bicyclic) bond motifs is 1. The molecule has 158 valence electrons. The Kier molecular flexibility index (Phi) is 7.02. The molecule has 0 atom stereocenters. The minimum atomic E-state index is -4.41. The average molecular weight is 430 g/mol. The summed E-state index contributed by atoms with van der Waals surface area (Å²) in [5, 5.41) is 7.63. The molecule has 0 radical (unpaired) electrons. The van der Waals surface area contributed by atoms with Crippen LogP contribution in [0.5, 0.6) is 17.2 Å². The number of guanidine groups is 1. The number of hydrogen-bond donors (Lipinski definition) is 2. The lowest BCUT2D eigenvalue weighted by molar-refractivity contribution is -0.140. The number of hydrogen-bond acceptors (Lipinski definition) is 6. The van der Waals surface area contributed by atoms with Gasteiger partial charge in [0.1, 0.15) is 12.4 Å². The summed E-state index contributed by atoms with van der Waals surface area (Å²) in [5.41, 5.74) is -0.854. The van der Waals surface area contributed by atoms with Crippen molar-refractivity contribution in [2.75, 3.05) is 33.0 Å². The van der Waals surface area contributed by atoms with Crippen molar-refractivity contribution in [2.24, 2.45) is 4.99 Å². The van der Waals surface area contributed by atoms with E-state index in [1.807, 2.05) is 6.92 Å². The van der Waals surface area contributed by atoms with E-state index < -0.39 is 11.9 Å². The van der Waals surface area contributed by atoms with E-state index in [4.69, 9.17) is 14.2 Å². The summed E-state index contributed by atoms with van der Waals surface area (Å²) in [4.78, 5) is 7.96. The molecule has 7 nitrogen and oxygen atoms in total. The van der Waals surface area contributed by atoms with Crippen molar-refractivity contribution in [3.05, 3.63) is 34.3 Å². The summed E-state index contributed by atoms with van der Waals surface area (Å²) in [6.45, 7) is 4.01. The Labute approximate surface area is 169 Å². The van der Waals surface area contributed by atoms with E-state index >= 15 is 0 Å². The molecule has 1 aliphatic rings. The minimum absolute atomic E-state index is 0.210. The number of halogens is 3. The molecular weight excluding hydrogens is 409 g/mol. The smallest absolute Gasteiger partial charge is 0.434 e. The SMILES string of the molecule is CCNC(=NCCc1nc(C(F)(F)F)cs1)NCCOc1ccc2c(c1)OCO2. The first kappa shape index (κ1) is 21.0. The Bertz CT molecular complexity index is 842. The Hall–Kier alpha value is -2.69. The van der Waals surface area contributed by atoms with Crippen LogP contribution >= 0.6 is 11.3 Å². The summed E-state index contributed by atoms with van der Waals surface area (Å²) in [6, 6.07) is 5.36. The maximum absolute atomic E-state index is 12.6. The van der Waals surface area contributed by atoms with Crippen molar-refractivity contribution in [2.45, 2.75) is 19.5 Å². The first-order valence-corrected chi connectivity index (χ1v) is 9.90. The highest BCUT2D eigenvalue weighted by molar-refractivity contribution is 7.09. The van der Waals surface area contributed by atoms with Crippen LogP contribution in [0.4, 0.5) is 13.2 Å². The van der Waals surface area contributed by atoms with E-state index in [1.165, 1.54) is 0 Å². The quantitative estimate of drug-likeness (QED) is 0.381. The molecule has 0 saturated heterocycles. The van der Waals surface area contributed by atoms with Crippen LogP contribution in [-0.4, -0.2) is 44.0 Å². The molecule has 29 heavy (non-hydrogen) atoms. The van der Waals surface area contributed by atoms with Crippen LogP contribution in [-0.2, 0) is 12.6 Å². The number of alkyl halides is 3. The van der Waals surface area contributed by atoms with E-state index in [1.54, 1.807) is 18.2 Å². The van der Waals surface area contributed by atoms with E-state index in [-0.39, 0.29) is 6.79 Å².